The highest BCUT2D eigenvalue weighted by atomic mass is 15.2. The van der Waals surface area contributed by atoms with Crippen molar-refractivity contribution in [3.8, 4) is 0 Å². The molecule has 2 aliphatic rings. The number of nitrogens with two attached hydrogens (primary N) is 1. The van der Waals surface area contributed by atoms with Gasteiger partial charge < -0.3 is 11.1 Å². The molecule has 0 aromatic rings. The summed E-state index contributed by atoms with van der Waals surface area (Å²) in [5.41, 5.74) is 5.46. The molecule has 14 heavy (non-hydrogen) atoms. The molecule has 0 aromatic carbocycles. The first-order valence-corrected chi connectivity index (χ1v) is 6.07. The third-order valence-electron chi connectivity index (χ3n) is 3.35. The van der Waals surface area contributed by atoms with Crippen LogP contribution in [0, 0.1) is 0 Å². The molecule has 82 valence electrons. The summed E-state index contributed by atoms with van der Waals surface area (Å²) in [7, 11) is 0. The van der Waals surface area contributed by atoms with Gasteiger partial charge in [-0.15, -0.1) is 0 Å². The van der Waals surface area contributed by atoms with Gasteiger partial charge in [0.25, 0.3) is 0 Å². The van der Waals surface area contributed by atoms with Gasteiger partial charge in [-0.05, 0) is 45.2 Å². The van der Waals surface area contributed by atoms with Crippen LogP contribution in [0.5, 0.6) is 0 Å². The maximum Gasteiger partial charge on any atom is 0.0207 e. The van der Waals surface area contributed by atoms with Crippen LogP contribution < -0.4 is 11.1 Å². The lowest BCUT2D eigenvalue weighted by Crippen LogP contribution is -2.34. The minimum absolute atomic E-state index is 0.758. The highest BCUT2D eigenvalue weighted by molar-refractivity contribution is 4.91. The number of likely N-dealkylation sites (tertiary alicyclic amines) is 1. The van der Waals surface area contributed by atoms with Crippen LogP contribution in [-0.2, 0) is 0 Å². The Hall–Kier alpha value is -0.120. The SMILES string of the molecule is NCCCCNC1CCN(C2CC2)C1. The van der Waals surface area contributed by atoms with Crippen molar-refractivity contribution >= 4 is 0 Å². The molecule has 0 spiro atoms. The normalized spacial score (nSPS) is 28.5. The van der Waals surface area contributed by atoms with Gasteiger partial charge in [0.15, 0.2) is 0 Å². The number of rotatable bonds is 6. The van der Waals surface area contributed by atoms with E-state index in [4.69, 9.17) is 5.73 Å². The van der Waals surface area contributed by atoms with Crippen LogP contribution in [0.15, 0.2) is 0 Å². The first-order chi connectivity index (χ1) is 6.90. The van der Waals surface area contributed by atoms with E-state index in [0.717, 1.165) is 31.6 Å². The molecule has 1 saturated heterocycles. The largest absolute Gasteiger partial charge is 0.330 e. The Morgan fingerprint density at radius 2 is 2.07 bits per heavy atom. The molecule has 2 fully saturated rings. The molecule has 2 rings (SSSR count). The van der Waals surface area contributed by atoms with E-state index in [-0.39, 0.29) is 0 Å². The molecule has 1 heterocycles. The maximum absolute atomic E-state index is 5.46. The van der Waals surface area contributed by atoms with E-state index in [1.165, 1.54) is 38.8 Å². The van der Waals surface area contributed by atoms with Crippen LogP contribution in [0.3, 0.4) is 0 Å². The Balaban J connectivity index is 1.54. The van der Waals surface area contributed by atoms with E-state index in [2.05, 4.69) is 10.2 Å². The van der Waals surface area contributed by atoms with Crippen LogP contribution in [-0.4, -0.2) is 43.2 Å². The van der Waals surface area contributed by atoms with Crippen LogP contribution in [0.4, 0.5) is 0 Å². The first-order valence-electron chi connectivity index (χ1n) is 6.07. The third kappa shape index (κ3) is 2.94. The van der Waals surface area contributed by atoms with Crippen molar-refractivity contribution in [1.82, 2.24) is 10.2 Å². The van der Waals surface area contributed by atoms with Crippen molar-refractivity contribution in [2.45, 2.75) is 44.2 Å². The predicted octanol–water partition coefficient (Wildman–Crippen LogP) is 0.552. The number of unbranched alkanes of at least 4 members (excludes halogenated alkanes) is 1. The summed E-state index contributed by atoms with van der Waals surface area (Å²) < 4.78 is 0. The number of hydrogen-bond acceptors (Lipinski definition) is 3. The minimum Gasteiger partial charge on any atom is -0.330 e. The molecular formula is C11H23N3. The smallest absolute Gasteiger partial charge is 0.0207 e. The maximum atomic E-state index is 5.46. The van der Waals surface area contributed by atoms with Gasteiger partial charge in [-0.25, -0.2) is 0 Å². The molecular weight excluding hydrogens is 174 g/mol. The van der Waals surface area contributed by atoms with Crippen LogP contribution in [0.2, 0.25) is 0 Å². The molecule has 3 nitrogen and oxygen atoms in total. The van der Waals surface area contributed by atoms with Gasteiger partial charge in [0, 0.05) is 25.2 Å². The van der Waals surface area contributed by atoms with Crippen LogP contribution in [0.1, 0.15) is 32.1 Å². The average Bonchev–Trinajstić information content (AvgIpc) is 2.94. The Kier molecular flexibility index (Phi) is 3.79. The molecule has 1 saturated carbocycles. The molecule has 0 bridgehead atoms. The highest BCUT2D eigenvalue weighted by Gasteiger charge is 2.33. The van der Waals surface area contributed by atoms with E-state index in [0.29, 0.717) is 0 Å². The Morgan fingerprint density at radius 3 is 2.79 bits per heavy atom. The molecule has 3 N–H and O–H groups in total. The van der Waals surface area contributed by atoms with Gasteiger partial charge in [0.2, 0.25) is 0 Å². The van der Waals surface area contributed by atoms with Crippen LogP contribution in [0.25, 0.3) is 0 Å². The fourth-order valence-electron chi connectivity index (χ4n) is 2.30. The lowest BCUT2D eigenvalue weighted by Gasteiger charge is -2.15. The summed E-state index contributed by atoms with van der Waals surface area (Å²) in [6.07, 6.45) is 6.63. The topological polar surface area (TPSA) is 41.3 Å². The summed E-state index contributed by atoms with van der Waals surface area (Å²) >= 11 is 0. The second-order valence-corrected chi connectivity index (χ2v) is 4.66. The minimum atomic E-state index is 0.758. The molecule has 1 aliphatic heterocycles. The summed E-state index contributed by atoms with van der Waals surface area (Å²) in [6, 6.07) is 1.71. The van der Waals surface area contributed by atoms with Gasteiger partial charge in [0.05, 0.1) is 0 Å². The van der Waals surface area contributed by atoms with Crippen molar-refractivity contribution in [2.75, 3.05) is 26.2 Å². The van der Waals surface area contributed by atoms with Crippen molar-refractivity contribution in [2.24, 2.45) is 5.73 Å². The second kappa shape index (κ2) is 5.10. The molecule has 1 unspecified atom stereocenters. The van der Waals surface area contributed by atoms with Gasteiger partial charge >= 0.3 is 0 Å². The fraction of sp³-hybridized carbons (Fsp3) is 1.00. The van der Waals surface area contributed by atoms with E-state index < -0.39 is 0 Å². The van der Waals surface area contributed by atoms with Crippen molar-refractivity contribution in [1.29, 1.82) is 0 Å². The summed E-state index contributed by atoms with van der Waals surface area (Å²) in [5, 5.41) is 3.63. The van der Waals surface area contributed by atoms with Crippen molar-refractivity contribution in [3.05, 3.63) is 0 Å². The second-order valence-electron chi connectivity index (χ2n) is 4.66. The molecule has 1 atom stereocenters. The Labute approximate surface area is 87.0 Å². The van der Waals surface area contributed by atoms with Gasteiger partial charge in [-0.2, -0.15) is 0 Å². The zero-order chi connectivity index (χ0) is 9.80. The van der Waals surface area contributed by atoms with E-state index in [1.807, 2.05) is 0 Å². The van der Waals surface area contributed by atoms with Crippen LogP contribution >= 0.6 is 0 Å². The lowest BCUT2D eigenvalue weighted by molar-refractivity contribution is 0.317. The summed E-state index contributed by atoms with van der Waals surface area (Å²) in [6.45, 7) is 4.59. The standard InChI is InChI=1S/C11H23N3/c12-6-1-2-7-13-10-5-8-14(9-10)11-3-4-11/h10-11,13H,1-9,12H2. The number of nitrogens with zero attached hydrogens (tertiary/aromatic N) is 1. The van der Waals surface area contributed by atoms with Gasteiger partial charge in [-0.3, -0.25) is 4.90 Å². The number of nitrogens with one attached hydrogen (secondary N) is 1. The quantitative estimate of drug-likeness (QED) is 0.611. The molecule has 0 amide bonds. The Morgan fingerprint density at radius 1 is 1.21 bits per heavy atom. The zero-order valence-electron chi connectivity index (χ0n) is 9.04. The van der Waals surface area contributed by atoms with Crippen molar-refractivity contribution < 1.29 is 0 Å². The zero-order valence-corrected chi connectivity index (χ0v) is 9.04. The fourth-order valence-corrected chi connectivity index (χ4v) is 2.30. The highest BCUT2D eigenvalue weighted by Crippen LogP contribution is 2.29. The van der Waals surface area contributed by atoms with Gasteiger partial charge in [0.1, 0.15) is 0 Å². The summed E-state index contributed by atoms with van der Waals surface area (Å²) in [4.78, 5) is 2.65. The predicted molar refractivity (Wildman–Crippen MR) is 59.3 cm³/mol. The number of hydrogen-bond donors (Lipinski definition) is 2. The van der Waals surface area contributed by atoms with E-state index in [9.17, 15) is 0 Å². The molecule has 0 aromatic heterocycles. The molecule has 0 radical (unpaired) electrons. The monoisotopic (exact) mass is 197 g/mol. The third-order valence-corrected chi connectivity index (χ3v) is 3.35. The van der Waals surface area contributed by atoms with E-state index >= 15 is 0 Å². The summed E-state index contributed by atoms with van der Waals surface area (Å²) in [5.74, 6) is 0. The van der Waals surface area contributed by atoms with E-state index in [1.54, 1.807) is 0 Å². The first kappa shape index (κ1) is 10.4. The van der Waals surface area contributed by atoms with Gasteiger partial charge in [-0.1, -0.05) is 0 Å². The van der Waals surface area contributed by atoms with Crippen molar-refractivity contribution in [3.63, 3.8) is 0 Å². The lowest BCUT2D eigenvalue weighted by atomic mass is 10.2. The molecule has 1 aliphatic carbocycles. The average molecular weight is 197 g/mol. The molecule has 3 heteroatoms. The Bertz CT molecular complexity index is 168.